The Kier molecular flexibility index (Phi) is 7.91. The van der Waals surface area contributed by atoms with E-state index in [1.54, 1.807) is 11.3 Å². The van der Waals surface area contributed by atoms with Crippen molar-refractivity contribution < 1.29 is 9.53 Å². The number of hydrogen-bond donors (Lipinski definition) is 1. The minimum Gasteiger partial charge on any atom is -0.457 e. The van der Waals surface area contributed by atoms with Crippen LogP contribution in [-0.2, 0) is 0 Å². The second kappa shape index (κ2) is 10.6. The summed E-state index contributed by atoms with van der Waals surface area (Å²) in [6.45, 7) is 4.29. The fraction of sp³-hybridized carbons (Fsp3) is 0.292. The van der Waals surface area contributed by atoms with E-state index in [2.05, 4.69) is 34.7 Å². The van der Waals surface area contributed by atoms with E-state index in [4.69, 9.17) is 4.74 Å². The van der Waals surface area contributed by atoms with Crippen LogP contribution in [0.15, 0.2) is 72.1 Å². The van der Waals surface area contributed by atoms with Gasteiger partial charge < -0.3 is 10.1 Å². The third-order valence-electron chi connectivity index (χ3n) is 5.30. The maximum atomic E-state index is 12.8. The van der Waals surface area contributed by atoms with Crippen molar-refractivity contribution in [1.82, 2.24) is 10.2 Å². The summed E-state index contributed by atoms with van der Waals surface area (Å²) in [7, 11) is 0. The summed E-state index contributed by atoms with van der Waals surface area (Å²) in [6, 6.07) is 21.5. The van der Waals surface area contributed by atoms with Gasteiger partial charge in [0.1, 0.15) is 11.5 Å². The topological polar surface area (TPSA) is 41.6 Å². The molecule has 0 spiro atoms. The highest BCUT2D eigenvalue weighted by Crippen LogP contribution is 2.31. The van der Waals surface area contributed by atoms with Crippen molar-refractivity contribution in [3.05, 3.63) is 82.6 Å². The van der Waals surface area contributed by atoms with Gasteiger partial charge in [0.2, 0.25) is 0 Å². The average molecular weight is 443 g/mol. The van der Waals surface area contributed by atoms with Crippen LogP contribution < -0.4 is 10.1 Å². The van der Waals surface area contributed by atoms with Gasteiger partial charge >= 0.3 is 0 Å². The molecule has 2 unspecified atom stereocenters. The number of carbonyl (C=O) groups excluding carboxylic acids is 1. The first-order valence-corrected chi connectivity index (χ1v) is 11.0. The van der Waals surface area contributed by atoms with Crippen LogP contribution in [0, 0.1) is 0 Å². The van der Waals surface area contributed by atoms with Crippen molar-refractivity contribution >= 4 is 29.7 Å². The molecule has 0 aliphatic carbocycles. The Bertz CT molecular complexity index is 910. The first-order valence-electron chi connectivity index (χ1n) is 10.1. The van der Waals surface area contributed by atoms with Gasteiger partial charge in [-0.05, 0) is 80.7 Å². The molecule has 4 nitrogen and oxygen atoms in total. The molecule has 1 saturated heterocycles. The average Bonchev–Trinajstić information content (AvgIpc) is 3.44. The molecule has 158 valence electrons. The molecule has 1 aliphatic rings. The smallest absolute Gasteiger partial charge is 0.251 e. The van der Waals surface area contributed by atoms with Crippen LogP contribution in [0.25, 0.3) is 0 Å². The Morgan fingerprint density at radius 3 is 2.27 bits per heavy atom. The van der Waals surface area contributed by atoms with E-state index in [0.29, 0.717) is 11.3 Å². The summed E-state index contributed by atoms with van der Waals surface area (Å²) in [6.07, 6.45) is 2.46. The number of amides is 1. The molecule has 1 aromatic heterocycles. The molecule has 1 amide bonds. The number of halogens is 1. The Hall–Kier alpha value is -2.34. The fourth-order valence-electron chi connectivity index (χ4n) is 3.89. The number of nitrogens with zero attached hydrogens (tertiary/aromatic N) is 1. The van der Waals surface area contributed by atoms with Gasteiger partial charge in [-0.2, -0.15) is 0 Å². The molecule has 30 heavy (non-hydrogen) atoms. The molecule has 2 atom stereocenters. The second-order valence-electron chi connectivity index (χ2n) is 7.40. The number of likely N-dealkylation sites (tertiary alicyclic amines) is 1. The number of ether oxygens (including phenoxy) is 1. The molecule has 3 aromatic rings. The molecule has 2 heterocycles. The highest BCUT2D eigenvalue weighted by atomic mass is 35.5. The summed E-state index contributed by atoms with van der Waals surface area (Å²) in [5, 5.41) is 5.33. The van der Waals surface area contributed by atoms with E-state index in [-0.39, 0.29) is 30.4 Å². The largest absolute Gasteiger partial charge is 0.457 e. The Morgan fingerprint density at radius 1 is 0.967 bits per heavy atom. The van der Waals surface area contributed by atoms with E-state index in [1.807, 2.05) is 54.6 Å². The number of nitrogens with one attached hydrogen (secondary N) is 1. The van der Waals surface area contributed by atoms with Crippen LogP contribution in [-0.4, -0.2) is 29.9 Å². The molecule has 2 aromatic carbocycles. The molecule has 6 heteroatoms. The lowest BCUT2D eigenvalue weighted by Crippen LogP contribution is -2.43. The highest BCUT2D eigenvalue weighted by Gasteiger charge is 2.30. The van der Waals surface area contributed by atoms with Gasteiger partial charge in [0.05, 0.1) is 6.04 Å². The summed E-state index contributed by atoms with van der Waals surface area (Å²) < 4.78 is 5.81. The number of thiophene rings is 1. The van der Waals surface area contributed by atoms with Crippen molar-refractivity contribution in [2.24, 2.45) is 0 Å². The molecule has 0 saturated carbocycles. The van der Waals surface area contributed by atoms with Gasteiger partial charge in [0, 0.05) is 16.5 Å². The Morgan fingerprint density at radius 2 is 1.63 bits per heavy atom. The molecule has 0 bridgehead atoms. The SMILES string of the molecule is CC(NC(=O)c1ccc(Oc2ccccc2)cc1)C(c1cccs1)N1CCCC1.Cl. The molecule has 1 N–H and O–H groups in total. The molecule has 1 aliphatic heterocycles. The van der Waals surface area contributed by atoms with Gasteiger partial charge in [0.25, 0.3) is 5.91 Å². The first-order chi connectivity index (χ1) is 14.2. The van der Waals surface area contributed by atoms with Crippen LogP contribution in [0.1, 0.15) is 41.0 Å². The predicted molar refractivity (Wildman–Crippen MR) is 125 cm³/mol. The lowest BCUT2D eigenvalue weighted by Gasteiger charge is -2.32. The summed E-state index contributed by atoms with van der Waals surface area (Å²) >= 11 is 1.76. The van der Waals surface area contributed by atoms with Gasteiger partial charge in [-0.15, -0.1) is 23.7 Å². The van der Waals surface area contributed by atoms with Crippen molar-refractivity contribution in [2.45, 2.75) is 31.8 Å². The second-order valence-corrected chi connectivity index (χ2v) is 8.38. The highest BCUT2D eigenvalue weighted by molar-refractivity contribution is 7.10. The lowest BCUT2D eigenvalue weighted by atomic mass is 10.1. The predicted octanol–water partition coefficient (Wildman–Crippen LogP) is 5.92. The minimum atomic E-state index is -0.0514. The fourth-order valence-corrected chi connectivity index (χ4v) is 4.85. The zero-order chi connectivity index (χ0) is 20.1. The quantitative estimate of drug-likeness (QED) is 0.494. The summed E-state index contributed by atoms with van der Waals surface area (Å²) in [5.74, 6) is 1.45. The normalized spacial score (nSPS) is 15.8. The molecule has 1 fully saturated rings. The van der Waals surface area contributed by atoms with Crippen LogP contribution in [0.5, 0.6) is 11.5 Å². The van der Waals surface area contributed by atoms with E-state index in [1.165, 1.54) is 17.7 Å². The first kappa shape index (κ1) is 22.3. The van der Waals surface area contributed by atoms with Crippen molar-refractivity contribution in [3.63, 3.8) is 0 Å². The van der Waals surface area contributed by atoms with Gasteiger partial charge in [-0.3, -0.25) is 9.69 Å². The Balaban J connectivity index is 0.00000256. The lowest BCUT2D eigenvalue weighted by molar-refractivity contribution is 0.0908. The van der Waals surface area contributed by atoms with E-state index >= 15 is 0 Å². The molecular weight excluding hydrogens is 416 g/mol. The van der Waals surface area contributed by atoms with Crippen LogP contribution in [0.4, 0.5) is 0 Å². The van der Waals surface area contributed by atoms with Crippen molar-refractivity contribution in [3.8, 4) is 11.5 Å². The van der Waals surface area contributed by atoms with Gasteiger partial charge in [-0.1, -0.05) is 24.3 Å². The van der Waals surface area contributed by atoms with Crippen molar-refractivity contribution in [1.29, 1.82) is 0 Å². The van der Waals surface area contributed by atoms with Gasteiger partial charge in [-0.25, -0.2) is 0 Å². The summed E-state index contributed by atoms with van der Waals surface area (Å²) in [5.41, 5.74) is 0.642. The molecule has 0 radical (unpaired) electrons. The van der Waals surface area contributed by atoms with Crippen LogP contribution in [0.3, 0.4) is 0 Å². The van der Waals surface area contributed by atoms with Crippen molar-refractivity contribution in [2.75, 3.05) is 13.1 Å². The third-order valence-corrected chi connectivity index (χ3v) is 6.24. The van der Waals surface area contributed by atoms with Gasteiger partial charge in [0.15, 0.2) is 0 Å². The van der Waals surface area contributed by atoms with E-state index in [9.17, 15) is 4.79 Å². The number of para-hydroxylation sites is 1. The monoisotopic (exact) mass is 442 g/mol. The number of hydrogen-bond acceptors (Lipinski definition) is 4. The third kappa shape index (κ3) is 5.42. The zero-order valence-corrected chi connectivity index (χ0v) is 18.6. The number of benzene rings is 2. The number of rotatable bonds is 7. The summed E-state index contributed by atoms with van der Waals surface area (Å²) in [4.78, 5) is 16.7. The minimum absolute atomic E-state index is 0. The Labute approximate surface area is 188 Å². The zero-order valence-electron chi connectivity index (χ0n) is 17.0. The maximum absolute atomic E-state index is 12.8. The van der Waals surface area contributed by atoms with E-state index in [0.717, 1.165) is 18.8 Å². The maximum Gasteiger partial charge on any atom is 0.251 e. The number of carbonyl (C=O) groups is 1. The molecular formula is C24H27ClN2O2S. The molecule has 4 rings (SSSR count). The van der Waals surface area contributed by atoms with E-state index < -0.39 is 0 Å². The van der Waals surface area contributed by atoms with Crippen LogP contribution in [0.2, 0.25) is 0 Å². The standard InChI is InChI=1S/C24H26N2O2S.ClH/c1-18(23(22-10-7-17-29-22)26-15-5-6-16-26)25-24(27)19-11-13-21(14-12-19)28-20-8-3-2-4-9-20;/h2-4,7-14,17-18,23H,5-6,15-16H2,1H3,(H,25,27);1H. The van der Waals surface area contributed by atoms with Crippen LogP contribution >= 0.6 is 23.7 Å².